The lowest BCUT2D eigenvalue weighted by atomic mass is 9.95. The zero-order chi connectivity index (χ0) is 31.1. The molecule has 4 rings (SSSR count). The highest BCUT2D eigenvalue weighted by Gasteiger charge is 2.71. The summed E-state index contributed by atoms with van der Waals surface area (Å²) in [5.41, 5.74) is -6.79. The minimum atomic E-state index is -6.10. The van der Waals surface area contributed by atoms with Gasteiger partial charge in [0.2, 0.25) is 16.0 Å². The van der Waals surface area contributed by atoms with Gasteiger partial charge >= 0.3 is 12.4 Å². The highest BCUT2D eigenvalue weighted by molar-refractivity contribution is 7.89. The van der Waals surface area contributed by atoms with E-state index in [0.717, 1.165) is 0 Å². The van der Waals surface area contributed by atoms with Crippen molar-refractivity contribution in [2.24, 2.45) is 0 Å². The molecular weight excluding hydrogens is 596 g/mol. The summed E-state index contributed by atoms with van der Waals surface area (Å²) in [5, 5.41) is 20.1. The fraction of sp³-hybridized carbons (Fsp3) is 0.600. The maximum atomic E-state index is 13.4. The van der Waals surface area contributed by atoms with Crippen LogP contribution in [-0.2, 0) is 20.4 Å². The SMILES string of the molecule is C[C@H](O)[C@@H]1COC[C@H](C)N1C[C@H]1CN(S(=O)(=O)c2ccccc2)CCN1c1ncc(C(O)(C(F)(F)F)C(F)(F)F)cn1. The van der Waals surface area contributed by atoms with Crippen LogP contribution in [0.4, 0.5) is 32.3 Å². The Kier molecular flexibility index (Phi) is 9.12. The van der Waals surface area contributed by atoms with Crippen molar-refractivity contribution in [1.82, 2.24) is 19.2 Å². The number of aliphatic hydroxyl groups excluding tert-OH is 1. The molecule has 3 heterocycles. The van der Waals surface area contributed by atoms with Gasteiger partial charge in [0, 0.05) is 50.2 Å². The van der Waals surface area contributed by atoms with Crippen LogP contribution in [0.1, 0.15) is 19.4 Å². The Morgan fingerprint density at radius 2 is 1.62 bits per heavy atom. The number of nitrogens with zero attached hydrogens (tertiary/aromatic N) is 5. The van der Waals surface area contributed by atoms with Gasteiger partial charge in [-0.3, -0.25) is 4.90 Å². The van der Waals surface area contributed by atoms with E-state index < -0.39 is 51.7 Å². The molecule has 0 radical (unpaired) electrons. The van der Waals surface area contributed by atoms with Gasteiger partial charge < -0.3 is 19.8 Å². The standard InChI is InChI=1S/C25H31F6N5O5S/c1-16-14-41-15-21(17(2)37)36(16)13-19-12-34(42(39,40)20-6-4-3-5-7-20)8-9-35(19)22-32-10-18(11-33-22)23(38,24(26,27)28)25(29,30)31/h3-7,10-11,16-17,19,21,37-38H,8-9,12-15H2,1-2H3/t16-,17-,19+,21-/m0/s1. The molecule has 1 aromatic heterocycles. The molecule has 2 aliphatic heterocycles. The molecule has 17 heteroatoms. The van der Waals surface area contributed by atoms with Crippen molar-refractivity contribution in [1.29, 1.82) is 0 Å². The molecule has 0 bridgehead atoms. The normalized spacial score (nSPS) is 24.5. The maximum Gasteiger partial charge on any atom is 0.430 e. The van der Waals surface area contributed by atoms with Gasteiger partial charge in [-0.25, -0.2) is 18.4 Å². The van der Waals surface area contributed by atoms with E-state index >= 15 is 0 Å². The van der Waals surface area contributed by atoms with Crippen molar-refractivity contribution in [2.75, 3.05) is 44.3 Å². The van der Waals surface area contributed by atoms with Crippen molar-refractivity contribution >= 4 is 16.0 Å². The van der Waals surface area contributed by atoms with Crippen LogP contribution in [0.3, 0.4) is 0 Å². The zero-order valence-electron chi connectivity index (χ0n) is 22.6. The molecule has 2 saturated heterocycles. The molecule has 2 N–H and O–H groups in total. The van der Waals surface area contributed by atoms with Crippen LogP contribution in [-0.4, -0.2) is 114 Å². The molecule has 234 valence electrons. The van der Waals surface area contributed by atoms with Crippen LogP contribution in [0.25, 0.3) is 0 Å². The lowest BCUT2D eigenvalue weighted by Gasteiger charge is -2.47. The summed E-state index contributed by atoms with van der Waals surface area (Å²) in [6.45, 7) is 3.84. The van der Waals surface area contributed by atoms with E-state index in [-0.39, 0.29) is 62.1 Å². The van der Waals surface area contributed by atoms with E-state index in [2.05, 4.69) is 9.97 Å². The minimum Gasteiger partial charge on any atom is -0.392 e. The van der Waals surface area contributed by atoms with E-state index in [1.807, 2.05) is 11.8 Å². The second-order valence-electron chi connectivity index (χ2n) is 10.4. The summed E-state index contributed by atoms with van der Waals surface area (Å²) < 4.78 is 114. The number of hydrogen-bond acceptors (Lipinski definition) is 9. The lowest BCUT2D eigenvalue weighted by molar-refractivity contribution is -0.376. The number of benzene rings is 1. The highest BCUT2D eigenvalue weighted by atomic mass is 32.2. The number of halogens is 6. The van der Waals surface area contributed by atoms with Crippen LogP contribution < -0.4 is 4.90 Å². The summed E-state index contributed by atoms with van der Waals surface area (Å²) in [7, 11) is -3.95. The van der Waals surface area contributed by atoms with Crippen molar-refractivity contribution in [3.05, 3.63) is 48.3 Å². The van der Waals surface area contributed by atoms with Gasteiger partial charge in [-0.2, -0.15) is 30.6 Å². The van der Waals surface area contributed by atoms with Crippen LogP contribution in [0.15, 0.2) is 47.6 Å². The Labute approximate surface area is 238 Å². The van der Waals surface area contributed by atoms with E-state index in [4.69, 9.17) is 4.74 Å². The first-order valence-corrected chi connectivity index (χ1v) is 14.4. The number of rotatable bonds is 7. The van der Waals surface area contributed by atoms with Gasteiger partial charge in [0.25, 0.3) is 5.60 Å². The van der Waals surface area contributed by atoms with Gasteiger partial charge in [-0.15, -0.1) is 0 Å². The summed E-state index contributed by atoms with van der Waals surface area (Å²) in [5.74, 6) is -0.248. The van der Waals surface area contributed by atoms with E-state index in [9.17, 15) is 45.0 Å². The molecule has 42 heavy (non-hydrogen) atoms. The van der Waals surface area contributed by atoms with Gasteiger partial charge in [-0.05, 0) is 26.0 Å². The summed E-state index contributed by atoms with van der Waals surface area (Å²) in [4.78, 5) is 11.0. The van der Waals surface area contributed by atoms with E-state index in [0.29, 0.717) is 6.61 Å². The molecule has 0 unspecified atom stereocenters. The zero-order valence-corrected chi connectivity index (χ0v) is 23.4. The predicted molar refractivity (Wildman–Crippen MR) is 137 cm³/mol. The van der Waals surface area contributed by atoms with E-state index in [1.165, 1.54) is 21.3 Å². The minimum absolute atomic E-state index is 0.0447. The molecule has 0 saturated carbocycles. The van der Waals surface area contributed by atoms with Gasteiger partial charge in [0.15, 0.2) is 0 Å². The summed E-state index contributed by atoms with van der Waals surface area (Å²) in [6.07, 6.45) is -12.5. The monoisotopic (exact) mass is 627 g/mol. The summed E-state index contributed by atoms with van der Waals surface area (Å²) >= 11 is 0. The Morgan fingerprint density at radius 3 is 2.17 bits per heavy atom. The van der Waals surface area contributed by atoms with Crippen molar-refractivity contribution < 1.29 is 49.7 Å². The molecular formula is C25H31F6N5O5S. The summed E-state index contributed by atoms with van der Waals surface area (Å²) in [6, 6.07) is 6.28. The van der Waals surface area contributed by atoms with Crippen molar-refractivity contribution in [2.45, 2.75) is 60.9 Å². The number of aliphatic hydroxyl groups is 2. The third-order valence-corrected chi connectivity index (χ3v) is 9.46. The van der Waals surface area contributed by atoms with E-state index in [1.54, 1.807) is 25.1 Å². The van der Waals surface area contributed by atoms with Gasteiger partial charge in [0.05, 0.1) is 36.3 Å². The fourth-order valence-corrected chi connectivity index (χ4v) is 6.69. The van der Waals surface area contributed by atoms with Crippen LogP contribution in [0.2, 0.25) is 0 Å². The van der Waals surface area contributed by atoms with Crippen LogP contribution in [0.5, 0.6) is 0 Å². The van der Waals surface area contributed by atoms with Gasteiger partial charge in [-0.1, -0.05) is 18.2 Å². The molecule has 2 fully saturated rings. The highest BCUT2D eigenvalue weighted by Crippen LogP contribution is 2.49. The molecule has 0 amide bonds. The quantitative estimate of drug-likeness (QED) is 0.445. The molecule has 2 aliphatic rings. The maximum absolute atomic E-state index is 13.4. The number of piperazine rings is 1. The van der Waals surface area contributed by atoms with Gasteiger partial charge in [0.1, 0.15) is 0 Å². The second kappa shape index (κ2) is 11.8. The largest absolute Gasteiger partial charge is 0.430 e. The molecule has 2 aromatic rings. The number of alkyl halides is 6. The van der Waals surface area contributed by atoms with Crippen LogP contribution in [0, 0.1) is 0 Å². The second-order valence-corrected chi connectivity index (χ2v) is 12.3. The number of aromatic nitrogens is 2. The molecule has 0 spiro atoms. The Morgan fingerprint density at radius 1 is 1.02 bits per heavy atom. The van der Waals surface area contributed by atoms with Crippen molar-refractivity contribution in [3.8, 4) is 0 Å². The third kappa shape index (κ3) is 6.07. The Balaban J connectivity index is 1.69. The first-order valence-electron chi connectivity index (χ1n) is 13.0. The predicted octanol–water partition coefficient (Wildman–Crippen LogP) is 2.14. The van der Waals surface area contributed by atoms with Crippen LogP contribution >= 0.6 is 0 Å². The van der Waals surface area contributed by atoms with Crippen molar-refractivity contribution in [3.63, 3.8) is 0 Å². The number of sulfonamides is 1. The first-order chi connectivity index (χ1) is 19.5. The molecule has 0 aliphatic carbocycles. The average Bonchev–Trinajstić information content (AvgIpc) is 2.93. The molecule has 10 nitrogen and oxygen atoms in total. The number of anilines is 1. The number of hydrogen-bond donors (Lipinski definition) is 2. The Bertz CT molecular complexity index is 1300. The number of morpholine rings is 1. The lowest BCUT2D eigenvalue weighted by Crippen LogP contribution is -2.63. The first kappa shape index (κ1) is 32.3. The Hall–Kier alpha value is -2.57. The topological polar surface area (TPSA) is 119 Å². The fourth-order valence-electron chi connectivity index (χ4n) is 5.20. The smallest absolute Gasteiger partial charge is 0.392 e. The molecule has 1 aromatic carbocycles. The number of ether oxygens (including phenoxy) is 1. The third-order valence-electron chi connectivity index (χ3n) is 7.58. The average molecular weight is 628 g/mol. The molecule has 4 atom stereocenters.